The minimum Gasteiger partial charge on any atom is -0.396 e. The van der Waals surface area contributed by atoms with Crippen molar-refractivity contribution in [1.29, 1.82) is 0 Å². The first-order valence-corrected chi connectivity index (χ1v) is 7.88. The average Bonchev–Trinajstić information content (AvgIpc) is 2.54. The topological polar surface area (TPSA) is 61.8 Å². The van der Waals surface area contributed by atoms with Crippen molar-refractivity contribution in [1.82, 2.24) is 10.2 Å². The number of nitrogens with zero attached hydrogens (tertiary/aromatic N) is 1. The van der Waals surface area contributed by atoms with Crippen LogP contribution in [-0.4, -0.2) is 49.3 Å². The molecule has 1 aliphatic rings. The maximum Gasteiger partial charge on any atom is 0.234 e. The Kier molecular flexibility index (Phi) is 6.83. The Morgan fingerprint density at radius 3 is 2.77 bits per heavy atom. The third-order valence-electron chi connectivity index (χ3n) is 4.12. The zero-order valence-corrected chi connectivity index (χ0v) is 13.3. The van der Waals surface area contributed by atoms with E-state index in [1.54, 1.807) is 7.11 Å². The molecule has 1 saturated heterocycles. The van der Waals surface area contributed by atoms with E-state index in [-0.39, 0.29) is 12.5 Å². The molecule has 1 fully saturated rings. The first kappa shape index (κ1) is 16.9. The summed E-state index contributed by atoms with van der Waals surface area (Å²) < 4.78 is 5.12. The second kappa shape index (κ2) is 8.88. The van der Waals surface area contributed by atoms with Gasteiger partial charge in [-0.05, 0) is 43.0 Å². The van der Waals surface area contributed by atoms with Crippen molar-refractivity contribution in [2.24, 2.45) is 5.92 Å². The van der Waals surface area contributed by atoms with Crippen LogP contribution in [0.25, 0.3) is 0 Å². The lowest BCUT2D eigenvalue weighted by molar-refractivity contribution is -0.122. The van der Waals surface area contributed by atoms with Crippen LogP contribution in [0.1, 0.15) is 24.0 Å². The van der Waals surface area contributed by atoms with Gasteiger partial charge in [-0.3, -0.25) is 9.69 Å². The molecule has 0 atom stereocenters. The van der Waals surface area contributed by atoms with Gasteiger partial charge in [0.15, 0.2) is 0 Å². The lowest BCUT2D eigenvalue weighted by Crippen LogP contribution is -2.41. The van der Waals surface area contributed by atoms with Crippen LogP contribution in [-0.2, 0) is 22.7 Å². The molecule has 0 unspecified atom stereocenters. The number of methoxy groups -OCH3 is 1. The normalized spacial score (nSPS) is 16.6. The van der Waals surface area contributed by atoms with E-state index in [0.29, 0.717) is 25.6 Å². The fourth-order valence-corrected chi connectivity index (χ4v) is 2.78. The van der Waals surface area contributed by atoms with E-state index >= 15 is 0 Å². The van der Waals surface area contributed by atoms with Gasteiger partial charge in [-0.25, -0.2) is 0 Å². The molecule has 0 spiro atoms. The molecule has 1 aromatic carbocycles. The van der Waals surface area contributed by atoms with Gasteiger partial charge in [0.1, 0.15) is 0 Å². The lowest BCUT2D eigenvalue weighted by Gasteiger charge is -2.30. The van der Waals surface area contributed by atoms with Gasteiger partial charge in [0.05, 0.1) is 13.2 Å². The Morgan fingerprint density at radius 1 is 1.36 bits per heavy atom. The van der Waals surface area contributed by atoms with Crippen LogP contribution in [0.2, 0.25) is 0 Å². The van der Waals surface area contributed by atoms with Crippen LogP contribution < -0.4 is 5.32 Å². The van der Waals surface area contributed by atoms with Gasteiger partial charge in [-0.1, -0.05) is 24.3 Å². The van der Waals surface area contributed by atoms with Gasteiger partial charge < -0.3 is 15.2 Å². The molecule has 22 heavy (non-hydrogen) atoms. The number of amides is 1. The summed E-state index contributed by atoms with van der Waals surface area (Å²) >= 11 is 0. The summed E-state index contributed by atoms with van der Waals surface area (Å²) in [6, 6.07) is 8.05. The number of likely N-dealkylation sites (tertiary alicyclic amines) is 1. The Bertz CT molecular complexity index is 471. The molecule has 1 heterocycles. The van der Waals surface area contributed by atoms with Crippen molar-refractivity contribution in [3.63, 3.8) is 0 Å². The van der Waals surface area contributed by atoms with Crippen molar-refractivity contribution in [2.75, 3.05) is 33.4 Å². The summed E-state index contributed by atoms with van der Waals surface area (Å²) in [6.45, 7) is 3.61. The highest BCUT2D eigenvalue weighted by molar-refractivity contribution is 5.78. The highest BCUT2D eigenvalue weighted by Gasteiger charge is 2.19. The van der Waals surface area contributed by atoms with Crippen molar-refractivity contribution >= 4 is 5.91 Å². The maximum atomic E-state index is 12.0. The summed E-state index contributed by atoms with van der Waals surface area (Å²) in [6.07, 6.45) is 1.95. The van der Waals surface area contributed by atoms with Gasteiger partial charge in [-0.15, -0.1) is 0 Å². The summed E-state index contributed by atoms with van der Waals surface area (Å²) in [5, 5.41) is 12.1. The third kappa shape index (κ3) is 5.40. The van der Waals surface area contributed by atoms with E-state index in [2.05, 4.69) is 16.3 Å². The molecule has 0 aliphatic carbocycles. The SMILES string of the molecule is COCc1cccc(CNC(=O)CN2CCC(CO)CC2)c1. The fraction of sp³-hybridized carbons (Fsp3) is 0.588. The van der Waals surface area contributed by atoms with E-state index in [1.165, 1.54) is 0 Å². The number of hydrogen-bond acceptors (Lipinski definition) is 4. The van der Waals surface area contributed by atoms with Crippen LogP contribution in [0.15, 0.2) is 24.3 Å². The molecule has 2 N–H and O–H groups in total. The Morgan fingerprint density at radius 2 is 2.09 bits per heavy atom. The molecule has 0 bridgehead atoms. The monoisotopic (exact) mass is 306 g/mol. The predicted molar refractivity (Wildman–Crippen MR) is 85.3 cm³/mol. The summed E-state index contributed by atoms with van der Waals surface area (Å²) in [7, 11) is 1.68. The maximum absolute atomic E-state index is 12.0. The van der Waals surface area contributed by atoms with Crippen molar-refractivity contribution < 1.29 is 14.6 Å². The molecule has 0 saturated carbocycles. The zero-order chi connectivity index (χ0) is 15.8. The number of aliphatic hydroxyl groups is 1. The van der Waals surface area contributed by atoms with Crippen LogP contribution in [0.3, 0.4) is 0 Å². The molecule has 0 radical (unpaired) electrons. The number of rotatable bonds is 7. The van der Waals surface area contributed by atoms with Crippen LogP contribution in [0.5, 0.6) is 0 Å². The van der Waals surface area contributed by atoms with Crippen LogP contribution >= 0.6 is 0 Å². The molecule has 1 aromatic rings. The van der Waals surface area contributed by atoms with Gasteiger partial charge >= 0.3 is 0 Å². The summed E-state index contributed by atoms with van der Waals surface area (Å²) in [5.41, 5.74) is 2.20. The van der Waals surface area contributed by atoms with Gasteiger partial charge in [0, 0.05) is 20.3 Å². The predicted octanol–water partition coefficient (Wildman–Crippen LogP) is 1.15. The van der Waals surface area contributed by atoms with E-state index < -0.39 is 0 Å². The second-order valence-electron chi connectivity index (χ2n) is 5.93. The molecule has 1 amide bonds. The van der Waals surface area contributed by atoms with Crippen molar-refractivity contribution in [2.45, 2.75) is 26.0 Å². The van der Waals surface area contributed by atoms with Gasteiger partial charge in [0.2, 0.25) is 5.91 Å². The number of nitrogens with one attached hydrogen (secondary N) is 1. The highest BCUT2D eigenvalue weighted by Crippen LogP contribution is 2.15. The number of benzene rings is 1. The van der Waals surface area contributed by atoms with Crippen molar-refractivity contribution in [3.8, 4) is 0 Å². The van der Waals surface area contributed by atoms with E-state index in [9.17, 15) is 4.79 Å². The van der Waals surface area contributed by atoms with Crippen molar-refractivity contribution in [3.05, 3.63) is 35.4 Å². The van der Waals surface area contributed by atoms with E-state index in [1.807, 2.05) is 18.2 Å². The van der Waals surface area contributed by atoms with Gasteiger partial charge in [-0.2, -0.15) is 0 Å². The lowest BCUT2D eigenvalue weighted by atomic mass is 9.98. The number of ether oxygens (including phenoxy) is 1. The molecule has 5 heteroatoms. The molecular formula is C17H26N2O3. The minimum atomic E-state index is 0.0552. The standard InChI is InChI=1S/C17H26N2O3/c1-22-13-16-4-2-3-15(9-16)10-18-17(21)11-19-7-5-14(12-20)6-8-19/h2-4,9,14,20H,5-8,10-13H2,1H3,(H,18,21). The van der Waals surface area contributed by atoms with Gasteiger partial charge in [0.25, 0.3) is 0 Å². The zero-order valence-electron chi connectivity index (χ0n) is 13.3. The number of piperidine rings is 1. The second-order valence-corrected chi connectivity index (χ2v) is 5.93. The van der Waals surface area contributed by atoms with E-state index in [4.69, 9.17) is 9.84 Å². The highest BCUT2D eigenvalue weighted by atomic mass is 16.5. The first-order valence-electron chi connectivity index (χ1n) is 7.88. The smallest absolute Gasteiger partial charge is 0.234 e. The quantitative estimate of drug-likeness (QED) is 0.793. The largest absolute Gasteiger partial charge is 0.396 e. The van der Waals surface area contributed by atoms with Crippen LogP contribution in [0, 0.1) is 5.92 Å². The number of carbonyl (C=O) groups is 1. The fourth-order valence-electron chi connectivity index (χ4n) is 2.78. The molecule has 0 aromatic heterocycles. The van der Waals surface area contributed by atoms with Crippen LogP contribution in [0.4, 0.5) is 0 Å². The third-order valence-corrected chi connectivity index (χ3v) is 4.12. The van der Waals surface area contributed by atoms with E-state index in [0.717, 1.165) is 37.1 Å². The summed E-state index contributed by atoms with van der Waals surface area (Å²) in [5.74, 6) is 0.461. The Labute approximate surface area is 132 Å². The Hall–Kier alpha value is -1.43. The Balaban J connectivity index is 1.72. The molecule has 5 nitrogen and oxygen atoms in total. The first-order chi connectivity index (χ1) is 10.7. The number of carbonyl (C=O) groups excluding carboxylic acids is 1. The molecule has 1 aliphatic heterocycles. The minimum absolute atomic E-state index is 0.0552. The number of aliphatic hydroxyl groups excluding tert-OH is 1. The molecule has 122 valence electrons. The molecule has 2 rings (SSSR count). The average molecular weight is 306 g/mol. The molecular weight excluding hydrogens is 280 g/mol. The number of hydrogen-bond donors (Lipinski definition) is 2. The summed E-state index contributed by atoms with van der Waals surface area (Å²) in [4.78, 5) is 14.2.